The zero-order chi connectivity index (χ0) is 28.3. The summed E-state index contributed by atoms with van der Waals surface area (Å²) in [6, 6.07) is 5.24. The number of hydrazine groups is 1. The Bertz CT molecular complexity index is 1120. The highest BCUT2D eigenvalue weighted by atomic mass is 19.4. The average molecular weight is 555 g/mol. The number of carbonyl (C=O) groups excluding carboxylic acids is 2. The third-order valence-corrected chi connectivity index (χ3v) is 5.74. The van der Waals surface area contributed by atoms with Crippen molar-refractivity contribution in [2.24, 2.45) is 11.6 Å². The Kier molecular flexibility index (Phi) is 10.9. The largest absolute Gasteiger partial charge is 0.573 e. The number of nitrogens with one attached hydrogen (secondary N) is 2. The van der Waals surface area contributed by atoms with E-state index < -0.39 is 12.3 Å². The van der Waals surface area contributed by atoms with Crippen LogP contribution in [-0.2, 0) is 22.6 Å². The van der Waals surface area contributed by atoms with Crippen LogP contribution in [0.3, 0.4) is 0 Å². The lowest BCUT2D eigenvalue weighted by atomic mass is 10.1. The van der Waals surface area contributed by atoms with Crippen LogP contribution >= 0.6 is 0 Å². The van der Waals surface area contributed by atoms with Gasteiger partial charge in [-0.25, -0.2) is 5.84 Å². The third-order valence-electron chi connectivity index (χ3n) is 5.74. The molecule has 1 aromatic heterocycles. The Morgan fingerprint density at radius 2 is 2.08 bits per heavy atom. The lowest BCUT2D eigenvalue weighted by molar-refractivity contribution is -0.274. The van der Waals surface area contributed by atoms with Gasteiger partial charge < -0.3 is 30.8 Å². The smallest absolute Gasteiger partial charge is 0.406 e. The van der Waals surface area contributed by atoms with E-state index in [1.807, 2.05) is 0 Å². The van der Waals surface area contributed by atoms with E-state index in [1.165, 1.54) is 29.4 Å². The van der Waals surface area contributed by atoms with Gasteiger partial charge in [0.15, 0.2) is 5.69 Å². The first-order valence-electron chi connectivity index (χ1n) is 12.5. The van der Waals surface area contributed by atoms with E-state index in [0.717, 1.165) is 25.3 Å². The molecular formula is C24H33F3N8O4. The van der Waals surface area contributed by atoms with Crippen molar-refractivity contribution in [3.63, 3.8) is 0 Å². The second kappa shape index (κ2) is 14.3. The molecule has 39 heavy (non-hydrogen) atoms. The number of halogens is 3. The molecule has 0 radical (unpaired) electrons. The molecule has 12 nitrogen and oxygen atoms in total. The van der Waals surface area contributed by atoms with Crippen LogP contribution in [0.5, 0.6) is 5.75 Å². The molecule has 1 atom stereocenters. The molecule has 1 unspecified atom stereocenters. The number of alkyl halides is 3. The summed E-state index contributed by atoms with van der Waals surface area (Å²) in [5.74, 6) is 4.57. The Balaban J connectivity index is 1.34. The number of rotatable bonds is 13. The molecule has 3 rings (SSSR count). The van der Waals surface area contributed by atoms with Crippen LogP contribution in [0.2, 0.25) is 0 Å². The number of benzene rings is 1. The maximum atomic E-state index is 12.4. The molecule has 2 heterocycles. The molecule has 1 aliphatic rings. The zero-order valence-electron chi connectivity index (χ0n) is 21.3. The summed E-state index contributed by atoms with van der Waals surface area (Å²) in [5, 5.41) is 14.5. The van der Waals surface area contributed by atoms with Gasteiger partial charge in [-0.3, -0.25) is 14.3 Å². The van der Waals surface area contributed by atoms with Crippen LogP contribution in [0.1, 0.15) is 48.2 Å². The predicted octanol–water partition coefficient (Wildman–Crippen LogP) is 1.55. The predicted molar refractivity (Wildman–Crippen MR) is 133 cm³/mol. The van der Waals surface area contributed by atoms with Gasteiger partial charge in [0.2, 0.25) is 0 Å². The number of nitrogens with two attached hydrogens (primary N) is 2. The number of carbonyl (C=O) groups is 2. The molecule has 0 aliphatic carbocycles. The van der Waals surface area contributed by atoms with Crippen molar-refractivity contribution in [2.45, 2.75) is 57.7 Å². The van der Waals surface area contributed by atoms with E-state index in [-0.39, 0.29) is 35.7 Å². The summed E-state index contributed by atoms with van der Waals surface area (Å²) in [6.45, 7) is 2.00. The first-order valence-corrected chi connectivity index (χ1v) is 12.5. The molecule has 6 N–H and O–H groups in total. The van der Waals surface area contributed by atoms with Gasteiger partial charge >= 0.3 is 6.36 Å². The number of hydrogen-bond donors (Lipinski definition) is 4. The fourth-order valence-electron chi connectivity index (χ4n) is 3.78. The summed E-state index contributed by atoms with van der Waals surface area (Å²) in [7, 11) is 0. The number of unbranched alkanes of at least 4 members (excludes halogenated alkanes) is 1. The van der Waals surface area contributed by atoms with Crippen molar-refractivity contribution in [3.8, 4) is 5.75 Å². The standard InChI is InChI=1S/C24H33F3N8O4/c25-24(26,27)39-18-8-5-6-17(12-18)13-30-22(36)20(28)15-34(29)9-2-3-10-35-16-21(32-33-35)23(37)31-14-19-7-1-4-11-38-19/h5-6,8,12,15-16,19H,1-4,7,9-11,13-14,28-29H2,(H,30,36)(H,31,37)/b20-15-. The fourth-order valence-corrected chi connectivity index (χ4v) is 3.78. The number of aryl methyl sites for hydroxylation is 1. The van der Waals surface area contributed by atoms with Crippen LogP contribution in [0.25, 0.3) is 0 Å². The monoisotopic (exact) mass is 554 g/mol. The number of amides is 2. The van der Waals surface area contributed by atoms with Gasteiger partial charge in [0.25, 0.3) is 11.8 Å². The van der Waals surface area contributed by atoms with Gasteiger partial charge in [0.1, 0.15) is 11.4 Å². The van der Waals surface area contributed by atoms with Crippen molar-refractivity contribution in [1.29, 1.82) is 0 Å². The molecule has 2 amide bonds. The van der Waals surface area contributed by atoms with Gasteiger partial charge in [0.05, 0.1) is 12.3 Å². The van der Waals surface area contributed by atoms with E-state index in [1.54, 1.807) is 10.9 Å². The quantitative estimate of drug-likeness (QED) is 0.125. The number of hydrogen-bond acceptors (Lipinski definition) is 9. The Morgan fingerprint density at radius 1 is 1.26 bits per heavy atom. The molecule has 15 heteroatoms. The molecule has 214 valence electrons. The summed E-state index contributed by atoms with van der Waals surface area (Å²) in [6.07, 6.45) is 2.44. The lowest BCUT2D eigenvalue weighted by Crippen LogP contribution is -2.35. The molecule has 0 spiro atoms. The second-order valence-corrected chi connectivity index (χ2v) is 8.97. The average Bonchev–Trinajstić information content (AvgIpc) is 3.37. The van der Waals surface area contributed by atoms with E-state index >= 15 is 0 Å². The molecule has 0 saturated carbocycles. The summed E-state index contributed by atoms with van der Waals surface area (Å²) < 4.78 is 48.1. The zero-order valence-corrected chi connectivity index (χ0v) is 21.3. The van der Waals surface area contributed by atoms with Crippen LogP contribution in [-0.4, -0.2) is 64.0 Å². The van der Waals surface area contributed by atoms with Gasteiger partial charge in [-0.05, 0) is 49.8 Å². The van der Waals surface area contributed by atoms with E-state index in [9.17, 15) is 22.8 Å². The Hall–Kier alpha value is -3.85. The fraction of sp³-hybridized carbons (Fsp3) is 0.500. The SMILES string of the molecule is N/C(=C\N(N)CCCCn1cc(C(=O)NCC2CCCCO2)nn1)C(=O)NCc1cccc(OC(F)(F)F)c1. The first kappa shape index (κ1) is 29.7. The Morgan fingerprint density at radius 3 is 2.82 bits per heavy atom. The minimum Gasteiger partial charge on any atom is -0.406 e. The first-order chi connectivity index (χ1) is 18.6. The topological polar surface area (TPSA) is 163 Å². The van der Waals surface area contributed by atoms with Gasteiger partial charge in [-0.2, -0.15) is 0 Å². The minimum absolute atomic E-state index is 0.0323. The van der Waals surface area contributed by atoms with E-state index in [4.69, 9.17) is 16.3 Å². The van der Waals surface area contributed by atoms with Gasteiger partial charge in [-0.1, -0.05) is 17.3 Å². The van der Waals surface area contributed by atoms with Gasteiger partial charge in [0, 0.05) is 39.0 Å². The lowest BCUT2D eigenvalue weighted by Gasteiger charge is -2.22. The van der Waals surface area contributed by atoms with E-state index in [0.29, 0.717) is 44.6 Å². The molecular weight excluding hydrogens is 521 g/mol. The molecule has 1 saturated heterocycles. The van der Waals surface area contributed by atoms with Crippen molar-refractivity contribution in [1.82, 2.24) is 30.6 Å². The normalized spacial score (nSPS) is 16.0. The van der Waals surface area contributed by atoms with E-state index in [2.05, 4.69) is 25.7 Å². The van der Waals surface area contributed by atoms with Crippen LogP contribution in [0.4, 0.5) is 13.2 Å². The minimum atomic E-state index is -4.81. The summed E-state index contributed by atoms with van der Waals surface area (Å²) in [5.41, 5.74) is 6.25. The molecule has 1 fully saturated rings. The molecule has 2 aromatic rings. The van der Waals surface area contributed by atoms with Crippen molar-refractivity contribution in [2.75, 3.05) is 19.7 Å². The number of ether oxygens (including phenoxy) is 2. The Labute approximate surface area is 223 Å². The van der Waals surface area contributed by atoms with Crippen LogP contribution in [0.15, 0.2) is 42.4 Å². The molecule has 1 aromatic carbocycles. The second-order valence-electron chi connectivity index (χ2n) is 8.97. The number of nitrogens with zero attached hydrogens (tertiary/aromatic N) is 4. The molecule has 0 bridgehead atoms. The van der Waals surface area contributed by atoms with Crippen LogP contribution < -0.4 is 26.9 Å². The highest BCUT2D eigenvalue weighted by Crippen LogP contribution is 2.23. The maximum absolute atomic E-state index is 12.4. The highest BCUT2D eigenvalue weighted by Gasteiger charge is 2.31. The van der Waals surface area contributed by atoms with Crippen molar-refractivity contribution >= 4 is 11.8 Å². The third kappa shape index (κ3) is 10.8. The van der Waals surface area contributed by atoms with Crippen molar-refractivity contribution in [3.05, 3.63) is 53.6 Å². The van der Waals surface area contributed by atoms with Crippen molar-refractivity contribution < 1.29 is 32.2 Å². The maximum Gasteiger partial charge on any atom is 0.573 e. The summed E-state index contributed by atoms with van der Waals surface area (Å²) in [4.78, 5) is 24.5. The number of aromatic nitrogens is 3. The van der Waals surface area contributed by atoms with Gasteiger partial charge in [-0.15, -0.1) is 18.3 Å². The summed E-state index contributed by atoms with van der Waals surface area (Å²) >= 11 is 0. The van der Waals surface area contributed by atoms with Crippen LogP contribution in [0, 0.1) is 0 Å². The highest BCUT2D eigenvalue weighted by molar-refractivity contribution is 5.92. The molecule has 1 aliphatic heterocycles.